The molecule has 2 aromatic carbocycles. The summed E-state index contributed by atoms with van der Waals surface area (Å²) >= 11 is 0. The molecule has 0 fully saturated rings. The molecule has 0 spiro atoms. The zero-order chi connectivity index (χ0) is 12.1. The summed E-state index contributed by atoms with van der Waals surface area (Å²) in [6.07, 6.45) is 0. The molecule has 0 aliphatic rings. The van der Waals surface area contributed by atoms with Gasteiger partial charge in [0.15, 0.2) is 0 Å². The Bertz CT molecular complexity index is 480. The second-order valence-corrected chi connectivity index (χ2v) is 3.96. The fourth-order valence-electron chi connectivity index (χ4n) is 1.44. The first kappa shape index (κ1) is 11.6. The average molecular weight is 225 g/mol. The third-order valence-corrected chi connectivity index (χ3v) is 2.38. The summed E-state index contributed by atoms with van der Waals surface area (Å²) in [6, 6.07) is 15.6. The van der Waals surface area contributed by atoms with Gasteiger partial charge in [0.05, 0.1) is 0 Å². The van der Waals surface area contributed by atoms with Gasteiger partial charge in [0.1, 0.15) is 11.5 Å². The molecule has 2 nitrogen and oxygen atoms in total. The van der Waals surface area contributed by atoms with E-state index >= 15 is 0 Å². The van der Waals surface area contributed by atoms with Crippen molar-refractivity contribution < 1.29 is 9.31 Å². The Kier molecular flexibility index (Phi) is 3.71. The molecule has 0 N–H and O–H groups in total. The van der Waals surface area contributed by atoms with E-state index in [1.807, 2.05) is 62.4 Å². The zero-order valence-electron chi connectivity index (χ0n) is 10.0. The molecule has 85 valence electrons. The van der Waals surface area contributed by atoms with Crippen LogP contribution in [0.4, 0.5) is 0 Å². The SMILES string of the molecule is Cc1ccc(O[B]Oc2cccc(C)c2)cc1. The second kappa shape index (κ2) is 5.44. The van der Waals surface area contributed by atoms with Crippen LogP contribution in [0.1, 0.15) is 11.1 Å². The van der Waals surface area contributed by atoms with Crippen LogP contribution in [0.5, 0.6) is 11.5 Å². The highest BCUT2D eigenvalue weighted by Crippen LogP contribution is 2.14. The van der Waals surface area contributed by atoms with Gasteiger partial charge in [0, 0.05) is 0 Å². The maximum absolute atomic E-state index is 5.37. The van der Waals surface area contributed by atoms with Crippen LogP contribution >= 0.6 is 0 Å². The lowest BCUT2D eigenvalue weighted by atomic mass is 10.2. The van der Waals surface area contributed by atoms with Gasteiger partial charge in [-0.3, -0.25) is 0 Å². The van der Waals surface area contributed by atoms with E-state index in [4.69, 9.17) is 9.31 Å². The standard InChI is InChI=1S/C14H14BO2/c1-11-6-8-13(9-7-11)16-15-17-14-5-3-4-12(2)10-14/h3-10H,1-2H3. The van der Waals surface area contributed by atoms with E-state index in [1.54, 1.807) is 0 Å². The first-order chi connectivity index (χ1) is 8.24. The summed E-state index contributed by atoms with van der Waals surface area (Å²) in [5.41, 5.74) is 2.36. The molecule has 0 heterocycles. The van der Waals surface area contributed by atoms with Gasteiger partial charge < -0.3 is 9.31 Å². The molecule has 0 bridgehead atoms. The summed E-state index contributed by atoms with van der Waals surface area (Å²) in [7, 11) is 1.35. The second-order valence-electron chi connectivity index (χ2n) is 3.96. The smallest absolute Gasteiger partial charge is 0.526 e. The Hall–Kier alpha value is -1.90. The molecule has 0 amide bonds. The fraction of sp³-hybridized carbons (Fsp3) is 0.143. The predicted octanol–water partition coefficient (Wildman–Crippen LogP) is 3.30. The molecule has 0 unspecified atom stereocenters. The minimum absolute atomic E-state index is 0.767. The lowest BCUT2D eigenvalue weighted by Crippen LogP contribution is -2.10. The van der Waals surface area contributed by atoms with E-state index in [0.29, 0.717) is 0 Å². The number of hydrogen-bond acceptors (Lipinski definition) is 2. The lowest BCUT2D eigenvalue weighted by Gasteiger charge is -2.07. The van der Waals surface area contributed by atoms with Crippen molar-refractivity contribution in [1.82, 2.24) is 0 Å². The Morgan fingerprint density at radius 1 is 0.765 bits per heavy atom. The van der Waals surface area contributed by atoms with Crippen LogP contribution in [0.15, 0.2) is 48.5 Å². The summed E-state index contributed by atoms with van der Waals surface area (Å²) in [5.74, 6) is 1.54. The maximum atomic E-state index is 5.37. The molecule has 1 radical (unpaired) electrons. The van der Waals surface area contributed by atoms with E-state index < -0.39 is 0 Å². The molecule has 0 aliphatic heterocycles. The van der Waals surface area contributed by atoms with E-state index in [1.165, 1.54) is 13.2 Å². The highest BCUT2D eigenvalue weighted by atomic mass is 16.6. The van der Waals surface area contributed by atoms with Crippen molar-refractivity contribution in [3.05, 3.63) is 59.7 Å². The summed E-state index contributed by atoms with van der Waals surface area (Å²) in [4.78, 5) is 0. The molecule has 0 atom stereocenters. The van der Waals surface area contributed by atoms with Crippen molar-refractivity contribution in [3.63, 3.8) is 0 Å². The van der Waals surface area contributed by atoms with Crippen LogP contribution in [0, 0.1) is 13.8 Å². The molecular weight excluding hydrogens is 211 g/mol. The zero-order valence-corrected chi connectivity index (χ0v) is 10.0. The normalized spacial score (nSPS) is 9.76. The molecule has 3 heteroatoms. The molecule has 17 heavy (non-hydrogen) atoms. The van der Waals surface area contributed by atoms with Gasteiger partial charge in [-0.05, 0) is 43.7 Å². The number of aryl methyl sites for hydroxylation is 2. The van der Waals surface area contributed by atoms with Crippen molar-refractivity contribution in [2.75, 3.05) is 0 Å². The summed E-state index contributed by atoms with van der Waals surface area (Å²) < 4.78 is 10.7. The fourth-order valence-corrected chi connectivity index (χ4v) is 1.44. The highest BCUT2D eigenvalue weighted by Gasteiger charge is 2.01. The molecule has 0 saturated carbocycles. The monoisotopic (exact) mass is 225 g/mol. The first-order valence-corrected chi connectivity index (χ1v) is 5.52. The van der Waals surface area contributed by atoms with Gasteiger partial charge in [-0.15, -0.1) is 0 Å². The minimum atomic E-state index is 0.767. The molecular formula is C14H14BO2. The van der Waals surface area contributed by atoms with Gasteiger partial charge in [0.2, 0.25) is 0 Å². The average Bonchev–Trinajstić information content (AvgIpc) is 2.32. The predicted molar refractivity (Wildman–Crippen MR) is 69.4 cm³/mol. The summed E-state index contributed by atoms with van der Waals surface area (Å²) in [5, 5.41) is 0. The van der Waals surface area contributed by atoms with E-state index in [2.05, 4.69) is 0 Å². The van der Waals surface area contributed by atoms with E-state index in [9.17, 15) is 0 Å². The van der Waals surface area contributed by atoms with Crippen LogP contribution in [-0.4, -0.2) is 7.69 Å². The van der Waals surface area contributed by atoms with Crippen molar-refractivity contribution in [2.24, 2.45) is 0 Å². The molecule has 0 saturated heterocycles. The number of hydrogen-bond donors (Lipinski definition) is 0. The molecule has 2 aromatic rings. The quantitative estimate of drug-likeness (QED) is 0.743. The van der Waals surface area contributed by atoms with Gasteiger partial charge in [-0.2, -0.15) is 0 Å². The number of benzene rings is 2. The maximum Gasteiger partial charge on any atom is 0.658 e. The van der Waals surface area contributed by atoms with Crippen LogP contribution in [0.25, 0.3) is 0 Å². The van der Waals surface area contributed by atoms with Gasteiger partial charge in [0.25, 0.3) is 0 Å². The molecule has 0 aromatic heterocycles. The number of rotatable bonds is 4. The van der Waals surface area contributed by atoms with Gasteiger partial charge in [-0.25, -0.2) is 0 Å². The highest BCUT2D eigenvalue weighted by molar-refractivity contribution is 6.20. The lowest BCUT2D eigenvalue weighted by molar-refractivity contribution is 0.459. The van der Waals surface area contributed by atoms with Crippen LogP contribution < -0.4 is 9.31 Å². The molecule has 0 aliphatic carbocycles. The third kappa shape index (κ3) is 3.56. The largest absolute Gasteiger partial charge is 0.658 e. The van der Waals surface area contributed by atoms with Crippen molar-refractivity contribution >= 4 is 7.69 Å². The topological polar surface area (TPSA) is 18.5 Å². The van der Waals surface area contributed by atoms with Crippen molar-refractivity contribution in [3.8, 4) is 11.5 Å². The first-order valence-electron chi connectivity index (χ1n) is 5.52. The Balaban J connectivity index is 1.85. The van der Waals surface area contributed by atoms with Gasteiger partial charge in [-0.1, -0.05) is 29.8 Å². The van der Waals surface area contributed by atoms with Crippen LogP contribution in [0.3, 0.4) is 0 Å². The Labute approximate surface area is 103 Å². The van der Waals surface area contributed by atoms with Gasteiger partial charge >= 0.3 is 7.69 Å². The van der Waals surface area contributed by atoms with E-state index in [0.717, 1.165) is 17.1 Å². The van der Waals surface area contributed by atoms with Crippen LogP contribution in [0.2, 0.25) is 0 Å². The summed E-state index contributed by atoms with van der Waals surface area (Å²) in [6.45, 7) is 4.06. The molecule has 2 rings (SSSR count). The van der Waals surface area contributed by atoms with E-state index in [-0.39, 0.29) is 0 Å². The van der Waals surface area contributed by atoms with Crippen molar-refractivity contribution in [2.45, 2.75) is 13.8 Å². The van der Waals surface area contributed by atoms with Crippen LogP contribution in [-0.2, 0) is 0 Å². The third-order valence-electron chi connectivity index (χ3n) is 2.38. The minimum Gasteiger partial charge on any atom is -0.526 e. The Morgan fingerprint density at radius 2 is 1.47 bits per heavy atom. The Morgan fingerprint density at radius 3 is 2.18 bits per heavy atom. The van der Waals surface area contributed by atoms with Crippen molar-refractivity contribution in [1.29, 1.82) is 0 Å².